The van der Waals surface area contributed by atoms with Crippen molar-refractivity contribution in [2.45, 2.75) is 19.4 Å². The molecule has 2 rings (SSSR count). The van der Waals surface area contributed by atoms with Gasteiger partial charge in [0.05, 0.1) is 23.4 Å². The topological polar surface area (TPSA) is 52.6 Å². The molecule has 2 unspecified atom stereocenters. The molecule has 1 aliphatic heterocycles. The Labute approximate surface area is 128 Å². The monoisotopic (exact) mass is 316 g/mol. The lowest BCUT2D eigenvalue weighted by Crippen LogP contribution is -2.45. The first-order valence-corrected chi connectivity index (χ1v) is 7.36. The molecule has 1 heterocycles. The van der Waals surface area contributed by atoms with Gasteiger partial charge < -0.3 is 10.4 Å². The number of hydrogen-bond acceptors (Lipinski definition) is 3. The van der Waals surface area contributed by atoms with Gasteiger partial charge >= 0.3 is 0 Å². The Morgan fingerprint density at radius 1 is 1.50 bits per heavy atom. The molecule has 4 nitrogen and oxygen atoms in total. The van der Waals surface area contributed by atoms with E-state index in [-0.39, 0.29) is 17.9 Å². The number of piperidine rings is 1. The van der Waals surface area contributed by atoms with E-state index in [1.807, 2.05) is 11.8 Å². The van der Waals surface area contributed by atoms with E-state index in [2.05, 4.69) is 5.32 Å². The maximum atomic E-state index is 12.0. The third-order valence-corrected chi connectivity index (χ3v) is 4.08. The first kappa shape index (κ1) is 15.6. The highest BCUT2D eigenvalue weighted by atomic mass is 35.5. The Morgan fingerprint density at radius 2 is 2.25 bits per heavy atom. The van der Waals surface area contributed by atoms with Gasteiger partial charge in [0, 0.05) is 18.1 Å². The summed E-state index contributed by atoms with van der Waals surface area (Å²) in [5.74, 6) is 0.0593. The molecule has 110 valence electrons. The van der Waals surface area contributed by atoms with Gasteiger partial charge in [-0.15, -0.1) is 0 Å². The molecular formula is C14H18Cl2N2O2. The molecule has 2 atom stereocenters. The average molecular weight is 317 g/mol. The van der Waals surface area contributed by atoms with Crippen LogP contribution in [0.15, 0.2) is 18.2 Å². The van der Waals surface area contributed by atoms with Crippen molar-refractivity contribution in [3.63, 3.8) is 0 Å². The molecule has 0 bridgehead atoms. The Bertz CT molecular complexity index is 496. The van der Waals surface area contributed by atoms with Crippen molar-refractivity contribution in [2.24, 2.45) is 5.92 Å². The van der Waals surface area contributed by atoms with E-state index in [9.17, 15) is 9.90 Å². The van der Waals surface area contributed by atoms with Gasteiger partial charge in [-0.25, -0.2) is 0 Å². The van der Waals surface area contributed by atoms with Crippen LogP contribution in [0, 0.1) is 5.92 Å². The first-order chi connectivity index (χ1) is 9.45. The zero-order valence-electron chi connectivity index (χ0n) is 11.3. The molecule has 1 amide bonds. The Morgan fingerprint density at radius 3 is 2.95 bits per heavy atom. The number of aliphatic hydroxyl groups excluding tert-OH is 1. The van der Waals surface area contributed by atoms with E-state index in [4.69, 9.17) is 23.2 Å². The number of rotatable bonds is 3. The normalized spacial score (nSPS) is 23.6. The van der Waals surface area contributed by atoms with Gasteiger partial charge in [0.25, 0.3) is 0 Å². The minimum absolute atomic E-state index is 0.127. The van der Waals surface area contributed by atoms with Gasteiger partial charge in [-0.1, -0.05) is 30.1 Å². The van der Waals surface area contributed by atoms with E-state index in [1.54, 1.807) is 18.2 Å². The molecule has 2 N–H and O–H groups in total. The fraction of sp³-hybridized carbons (Fsp3) is 0.500. The molecule has 1 aromatic carbocycles. The number of carbonyl (C=O) groups excluding carboxylic acids is 1. The van der Waals surface area contributed by atoms with Crippen LogP contribution in [0.25, 0.3) is 0 Å². The van der Waals surface area contributed by atoms with E-state index in [1.165, 1.54) is 0 Å². The summed E-state index contributed by atoms with van der Waals surface area (Å²) in [5.41, 5.74) is 0.522. The predicted molar refractivity (Wildman–Crippen MR) is 81.3 cm³/mol. The number of halogens is 2. The molecule has 0 aromatic heterocycles. The number of amides is 1. The summed E-state index contributed by atoms with van der Waals surface area (Å²) in [6.07, 6.45) is 0.434. The van der Waals surface area contributed by atoms with Crippen molar-refractivity contribution in [1.29, 1.82) is 0 Å². The van der Waals surface area contributed by atoms with Crippen LogP contribution < -0.4 is 5.32 Å². The zero-order chi connectivity index (χ0) is 14.7. The molecule has 0 spiro atoms. The highest BCUT2D eigenvalue weighted by Gasteiger charge is 2.25. The summed E-state index contributed by atoms with van der Waals surface area (Å²) in [6.45, 7) is 3.72. The van der Waals surface area contributed by atoms with Crippen molar-refractivity contribution >= 4 is 34.8 Å². The maximum absolute atomic E-state index is 12.0. The van der Waals surface area contributed by atoms with Gasteiger partial charge in [-0.05, 0) is 30.5 Å². The largest absolute Gasteiger partial charge is 0.393 e. The molecule has 20 heavy (non-hydrogen) atoms. The van der Waals surface area contributed by atoms with E-state index in [0.29, 0.717) is 28.7 Å². The highest BCUT2D eigenvalue weighted by Crippen LogP contribution is 2.25. The molecule has 1 aromatic rings. The molecule has 1 fully saturated rings. The molecule has 0 radical (unpaired) electrons. The summed E-state index contributed by atoms with van der Waals surface area (Å²) in [4.78, 5) is 14.0. The Kier molecular flexibility index (Phi) is 5.27. The molecule has 1 saturated heterocycles. The second kappa shape index (κ2) is 6.76. The number of hydrogen-bond donors (Lipinski definition) is 2. The maximum Gasteiger partial charge on any atom is 0.238 e. The van der Waals surface area contributed by atoms with Gasteiger partial charge in [0.1, 0.15) is 0 Å². The Hall–Kier alpha value is -0.810. The number of carbonyl (C=O) groups is 1. The number of nitrogens with zero attached hydrogens (tertiary/aromatic N) is 1. The number of anilines is 1. The minimum atomic E-state index is -0.267. The number of benzene rings is 1. The third kappa shape index (κ3) is 4.09. The quantitative estimate of drug-likeness (QED) is 0.901. The van der Waals surface area contributed by atoms with Crippen LogP contribution in [-0.2, 0) is 4.79 Å². The molecule has 0 saturated carbocycles. The summed E-state index contributed by atoms with van der Waals surface area (Å²) in [5, 5.41) is 13.4. The van der Waals surface area contributed by atoms with Gasteiger partial charge in [0.2, 0.25) is 5.91 Å². The second-order valence-electron chi connectivity index (χ2n) is 5.24. The Balaban J connectivity index is 1.91. The van der Waals surface area contributed by atoms with Crippen LogP contribution in [0.5, 0.6) is 0 Å². The summed E-state index contributed by atoms with van der Waals surface area (Å²) in [6, 6.07) is 4.95. The van der Waals surface area contributed by atoms with Gasteiger partial charge in [-0.3, -0.25) is 9.69 Å². The van der Waals surface area contributed by atoms with Crippen LogP contribution in [0.3, 0.4) is 0 Å². The summed E-state index contributed by atoms with van der Waals surface area (Å²) >= 11 is 11.9. The lowest BCUT2D eigenvalue weighted by Gasteiger charge is -2.33. The molecule has 0 aliphatic carbocycles. The van der Waals surface area contributed by atoms with Crippen molar-refractivity contribution in [3.8, 4) is 0 Å². The smallest absolute Gasteiger partial charge is 0.238 e. The van der Waals surface area contributed by atoms with E-state index in [0.717, 1.165) is 13.1 Å². The van der Waals surface area contributed by atoms with Crippen molar-refractivity contribution in [1.82, 2.24) is 4.90 Å². The fourth-order valence-corrected chi connectivity index (χ4v) is 2.69. The average Bonchev–Trinajstić information content (AvgIpc) is 2.38. The van der Waals surface area contributed by atoms with Crippen LogP contribution in [-0.4, -0.2) is 41.7 Å². The van der Waals surface area contributed by atoms with Crippen molar-refractivity contribution < 1.29 is 9.90 Å². The second-order valence-corrected chi connectivity index (χ2v) is 6.08. The molecule has 1 aliphatic rings. The van der Waals surface area contributed by atoms with Crippen LogP contribution in [0.4, 0.5) is 5.69 Å². The van der Waals surface area contributed by atoms with E-state index >= 15 is 0 Å². The van der Waals surface area contributed by atoms with Crippen LogP contribution >= 0.6 is 23.2 Å². The predicted octanol–water partition coefficient (Wildman–Crippen LogP) is 2.63. The van der Waals surface area contributed by atoms with Crippen LogP contribution in [0.1, 0.15) is 13.3 Å². The molecule has 6 heteroatoms. The number of nitrogens with one attached hydrogen (secondary N) is 1. The standard InChI is InChI=1S/C14H18Cl2N2O2/c1-9-7-18(5-4-13(9)19)8-14(20)17-12-6-10(15)2-3-11(12)16/h2-3,6,9,13,19H,4-5,7-8H2,1H3,(H,17,20). The SMILES string of the molecule is CC1CN(CC(=O)Nc2cc(Cl)ccc2Cl)CCC1O. The van der Waals surface area contributed by atoms with Gasteiger partial charge in [-0.2, -0.15) is 0 Å². The first-order valence-electron chi connectivity index (χ1n) is 6.61. The van der Waals surface area contributed by atoms with E-state index < -0.39 is 0 Å². The third-order valence-electron chi connectivity index (χ3n) is 3.51. The fourth-order valence-electron chi connectivity index (χ4n) is 2.35. The highest BCUT2D eigenvalue weighted by molar-refractivity contribution is 6.35. The van der Waals surface area contributed by atoms with Crippen LogP contribution in [0.2, 0.25) is 10.0 Å². The van der Waals surface area contributed by atoms with Gasteiger partial charge in [0.15, 0.2) is 0 Å². The lowest BCUT2D eigenvalue weighted by molar-refractivity contribution is -0.118. The lowest BCUT2D eigenvalue weighted by atomic mass is 9.97. The number of aliphatic hydroxyl groups is 1. The summed E-state index contributed by atoms with van der Waals surface area (Å²) in [7, 11) is 0. The summed E-state index contributed by atoms with van der Waals surface area (Å²) < 4.78 is 0. The zero-order valence-corrected chi connectivity index (χ0v) is 12.8. The number of likely N-dealkylation sites (tertiary alicyclic amines) is 1. The minimum Gasteiger partial charge on any atom is -0.393 e. The molecular weight excluding hydrogens is 299 g/mol. The van der Waals surface area contributed by atoms with Crippen molar-refractivity contribution in [3.05, 3.63) is 28.2 Å². The van der Waals surface area contributed by atoms with Crippen molar-refractivity contribution in [2.75, 3.05) is 25.0 Å².